The summed E-state index contributed by atoms with van der Waals surface area (Å²) in [6.45, 7) is 5.20. The number of hydrogen-bond acceptors (Lipinski definition) is 3. The SMILES string of the molecule is CCN(CC)C(=O)CCNC(=O)c1cc(F)cnc1Cl. The molecule has 0 saturated heterocycles. The van der Waals surface area contributed by atoms with Crippen LogP contribution in [0, 0.1) is 5.82 Å². The van der Waals surface area contributed by atoms with Crippen molar-refractivity contribution in [3.05, 3.63) is 28.8 Å². The van der Waals surface area contributed by atoms with Gasteiger partial charge < -0.3 is 10.2 Å². The van der Waals surface area contributed by atoms with Gasteiger partial charge in [0.1, 0.15) is 11.0 Å². The van der Waals surface area contributed by atoms with Crippen LogP contribution >= 0.6 is 11.6 Å². The van der Waals surface area contributed by atoms with E-state index in [1.165, 1.54) is 0 Å². The van der Waals surface area contributed by atoms with E-state index in [-0.39, 0.29) is 29.6 Å². The van der Waals surface area contributed by atoms with E-state index >= 15 is 0 Å². The lowest BCUT2D eigenvalue weighted by Crippen LogP contribution is -2.34. The third-order valence-corrected chi connectivity index (χ3v) is 3.09. The highest BCUT2D eigenvalue weighted by molar-refractivity contribution is 6.32. The van der Waals surface area contributed by atoms with Gasteiger partial charge in [-0.1, -0.05) is 11.6 Å². The number of carbonyl (C=O) groups is 2. The zero-order chi connectivity index (χ0) is 15.1. The number of pyridine rings is 1. The minimum absolute atomic E-state index is 0.0399. The van der Waals surface area contributed by atoms with Gasteiger partial charge in [0.15, 0.2) is 0 Å². The number of halogens is 2. The first kappa shape index (κ1) is 16.4. The van der Waals surface area contributed by atoms with Gasteiger partial charge in [0.05, 0.1) is 11.8 Å². The first-order chi connectivity index (χ1) is 9.49. The number of rotatable bonds is 6. The van der Waals surface area contributed by atoms with Gasteiger partial charge in [-0.3, -0.25) is 9.59 Å². The molecule has 1 aromatic heterocycles. The summed E-state index contributed by atoms with van der Waals surface area (Å²) >= 11 is 5.71. The van der Waals surface area contributed by atoms with E-state index in [1.54, 1.807) is 4.90 Å². The van der Waals surface area contributed by atoms with E-state index in [2.05, 4.69) is 10.3 Å². The normalized spacial score (nSPS) is 10.2. The van der Waals surface area contributed by atoms with Crippen molar-refractivity contribution in [1.29, 1.82) is 0 Å². The maximum absolute atomic E-state index is 13.0. The Morgan fingerprint density at radius 2 is 2.05 bits per heavy atom. The average Bonchev–Trinajstić information content (AvgIpc) is 2.42. The predicted octanol–water partition coefficient (Wildman–Crippen LogP) is 1.86. The number of nitrogens with zero attached hydrogens (tertiary/aromatic N) is 2. The van der Waals surface area contributed by atoms with Crippen molar-refractivity contribution >= 4 is 23.4 Å². The highest BCUT2D eigenvalue weighted by Crippen LogP contribution is 2.13. The van der Waals surface area contributed by atoms with Gasteiger partial charge in [0.2, 0.25) is 5.91 Å². The van der Waals surface area contributed by atoms with Gasteiger partial charge in [-0.2, -0.15) is 0 Å². The van der Waals surface area contributed by atoms with E-state index < -0.39 is 11.7 Å². The standard InChI is InChI=1S/C13H17ClFN3O2/c1-3-18(4-2)11(19)5-6-16-13(20)10-7-9(15)8-17-12(10)14/h7-8H,3-6H2,1-2H3,(H,16,20). The maximum atomic E-state index is 13.0. The number of aromatic nitrogens is 1. The van der Waals surface area contributed by atoms with Crippen molar-refractivity contribution in [2.75, 3.05) is 19.6 Å². The van der Waals surface area contributed by atoms with E-state index in [1.807, 2.05) is 13.8 Å². The molecule has 1 heterocycles. The summed E-state index contributed by atoms with van der Waals surface area (Å²) in [4.78, 5) is 28.7. The Balaban J connectivity index is 2.52. The van der Waals surface area contributed by atoms with E-state index in [0.717, 1.165) is 12.3 Å². The fourth-order valence-electron chi connectivity index (χ4n) is 1.69. The first-order valence-electron chi connectivity index (χ1n) is 6.36. The van der Waals surface area contributed by atoms with Crippen molar-refractivity contribution in [1.82, 2.24) is 15.2 Å². The van der Waals surface area contributed by atoms with Crippen LogP contribution in [-0.4, -0.2) is 41.3 Å². The van der Waals surface area contributed by atoms with Crippen LogP contribution in [0.5, 0.6) is 0 Å². The zero-order valence-electron chi connectivity index (χ0n) is 11.4. The number of hydrogen-bond donors (Lipinski definition) is 1. The molecule has 0 bridgehead atoms. The predicted molar refractivity (Wildman–Crippen MR) is 74.1 cm³/mol. The van der Waals surface area contributed by atoms with Crippen molar-refractivity contribution in [2.45, 2.75) is 20.3 Å². The first-order valence-corrected chi connectivity index (χ1v) is 6.74. The van der Waals surface area contributed by atoms with Crippen LogP contribution in [0.25, 0.3) is 0 Å². The average molecular weight is 302 g/mol. The highest BCUT2D eigenvalue weighted by Gasteiger charge is 2.14. The van der Waals surface area contributed by atoms with Crippen molar-refractivity contribution in [2.24, 2.45) is 0 Å². The second-order valence-corrected chi connectivity index (χ2v) is 4.42. The van der Waals surface area contributed by atoms with Gasteiger partial charge in [-0.05, 0) is 19.9 Å². The van der Waals surface area contributed by atoms with E-state index in [9.17, 15) is 14.0 Å². The molecule has 0 atom stereocenters. The zero-order valence-corrected chi connectivity index (χ0v) is 12.2. The summed E-state index contributed by atoms with van der Waals surface area (Å²) in [5.74, 6) is -1.23. The number of nitrogens with one attached hydrogen (secondary N) is 1. The molecule has 2 amide bonds. The topological polar surface area (TPSA) is 62.3 Å². The smallest absolute Gasteiger partial charge is 0.254 e. The monoisotopic (exact) mass is 301 g/mol. The molecular weight excluding hydrogens is 285 g/mol. The van der Waals surface area contributed by atoms with Gasteiger partial charge >= 0.3 is 0 Å². The lowest BCUT2D eigenvalue weighted by molar-refractivity contribution is -0.130. The van der Waals surface area contributed by atoms with Crippen LogP contribution in [0.1, 0.15) is 30.6 Å². The minimum atomic E-state index is -0.640. The summed E-state index contributed by atoms with van der Waals surface area (Å²) in [6.07, 6.45) is 1.12. The second kappa shape index (κ2) is 7.79. The molecule has 0 unspecified atom stereocenters. The Morgan fingerprint density at radius 3 is 2.65 bits per heavy atom. The van der Waals surface area contributed by atoms with Crippen LogP contribution in [-0.2, 0) is 4.79 Å². The molecule has 1 N–H and O–H groups in total. The third kappa shape index (κ3) is 4.45. The molecule has 1 rings (SSSR count). The molecule has 1 aromatic rings. The molecule has 0 aromatic carbocycles. The fraction of sp³-hybridized carbons (Fsp3) is 0.462. The molecule has 20 heavy (non-hydrogen) atoms. The Kier molecular flexibility index (Phi) is 6.38. The van der Waals surface area contributed by atoms with Crippen LogP contribution in [0.15, 0.2) is 12.3 Å². The van der Waals surface area contributed by atoms with Crippen molar-refractivity contribution < 1.29 is 14.0 Å². The third-order valence-electron chi connectivity index (χ3n) is 2.79. The molecular formula is C13H17ClFN3O2. The molecule has 0 radical (unpaired) electrons. The number of amides is 2. The van der Waals surface area contributed by atoms with Crippen LogP contribution in [0.4, 0.5) is 4.39 Å². The molecule has 5 nitrogen and oxygen atoms in total. The van der Waals surface area contributed by atoms with Crippen LogP contribution in [0.3, 0.4) is 0 Å². The van der Waals surface area contributed by atoms with Crippen LogP contribution < -0.4 is 5.32 Å². The molecule has 0 saturated carbocycles. The van der Waals surface area contributed by atoms with Crippen molar-refractivity contribution in [3.8, 4) is 0 Å². The Morgan fingerprint density at radius 1 is 1.40 bits per heavy atom. The summed E-state index contributed by atoms with van der Waals surface area (Å²) in [5.41, 5.74) is -0.0399. The highest BCUT2D eigenvalue weighted by atomic mass is 35.5. The number of carbonyl (C=O) groups excluding carboxylic acids is 2. The lowest BCUT2D eigenvalue weighted by Gasteiger charge is -2.18. The largest absolute Gasteiger partial charge is 0.351 e. The van der Waals surface area contributed by atoms with Gasteiger partial charge in [0, 0.05) is 26.1 Å². The minimum Gasteiger partial charge on any atom is -0.351 e. The molecule has 0 fully saturated rings. The van der Waals surface area contributed by atoms with E-state index in [0.29, 0.717) is 13.1 Å². The molecule has 0 aliphatic carbocycles. The molecule has 0 spiro atoms. The Hall–Kier alpha value is -1.69. The maximum Gasteiger partial charge on any atom is 0.254 e. The van der Waals surface area contributed by atoms with Gasteiger partial charge in [-0.15, -0.1) is 0 Å². The van der Waals surface area contributed by atoms with E-state index in [4.69, 9.17) is 11.6 Å². The quantitative estimate of drug-likeness (QED) is 0.816. The Bertz CT molecular complexity index is 493. The molecule has 0 aliphatic rings. The summed E-state index contributed by atoms with van der Waals surface area (Å²) in [7, 11) is 0. The van der Waals surface area contributed by atoms with Crippen LogP contribution in [0.2, 0.25) is 5.15 Å². The molecule has 0 aliphatic heterocycles. The summed E-state index contributed by atoms with van der Waals surface area (Å²) < 4.78 is 13.0. The lowest BCUT2D eigenvalue weighted by atomic mass is 10.2. The summed E-state index contributed by atoms with van der Waals surface area (Å²) in [6, 6.07) is 1.01. The van der Waals surface area contributed by atoms with Crippen molar-refractivity contribution in [3.63, 3.8) is 0 Å². The second-order valence-electron chi connectivity index (χ2n) is 4.06. The molecule has 110 valence electrons. The van der Waals surface area contributed by atoms with Gasteiger partial charge in [-0.25, -0.2) is 9.37 Å². The molecule has 7 heteroatoms. The summed E-state index contributed by atoms with van der Waals surface area (Å²) in [5, 5.41) is 2.45. The van der Waals surface area contributed by atoms with Gasteiger partial charge in [0.25, 0.3) is 5.91 Å². The Labute approximate surface area is 122 Å². The fourth-order valence-corrected chi connectivity index (χ4v) is 1.88.